The Labute approximate surface area is 299 Å². The highest BCUT2D eigenvalue weighted by Gasteiger charge is 2.23. The zero-order chi connectivity index (χ0) is 34.2. The van der Waals surface area contributed by atoms with Gasteiger partial charge in [0.15, 0.2) is 0 Å². The van der Waals surface area contributed by atoms with Gasteiger partial charge in [-0.25, -0.2) is 9.97 Å². The molecular formula is C48H30N4. The van der Waals surface area contributed by atoms with Crippen LogP contribution in [0, 0.1) is 0 Å². The molecule has 11 aromatic rings. The van der Waals surface area contributed by atoms with E-state index in [-0.39, 0.29) is 0 Å². The highest BCUT2D eigenvalue weighted by atomic mass is 15.2. The Bertz CT molecular complexity index is 3170. The van der Waals surface area contributed by atoms with Gasteiger partial charge >= 0.3 is 0 Å². The molecule has 0 aliphatic carbocycles. The number of hydrogen-bond donors (Lipinski definition) is 0. The molecule has 8 aromatic carbocycles. The smallest absolute Gasteiger partial charge is 0.235 e. The molecule has 0 N–H and O–H groups in total. The van der Waals surface area contributed by atoms with Gasteiger partial charge in [-0.1, -0.05) is 140 Å². The summed E-state index contributed by atoms with van der Waals surface area (Å²) in [6.45, 7) is 0. The van der Waals surface area contributed by atoms with Crippen LogP contribution in [0.15, 0.2) is 182 Å². The molecule has 0 amide bonds. The molecule has 0 saturated heterocycles. The van der Waals surface area contributed by atoms with Gasteiger partial charge < -0.3 is 4.57 Å². The fraction of sp³-hybridized carbons (Fsp3) is 0. The molecular weight excluding hydrogens is 633 g/mol. The normalized spacial score (nSPS) is 11.8. The molecule has 52 heavy (non-hydrogen) atoms. The number of aromatic nitrogens is 4. The quantitative estimate of drug-likeness (QED) is 0.188. The third-order valence-electron chi connectivity index (χ3n) is 10.5. The molecule has 242 valence electrons. The standard InChI is InChI=1S/C48H30N4/c1-3-14-31(15-4-1)34-19-13-20-35(30-34)51-41-27-26-32-16-7-8-21-36(32)44(41)46-43(51)29-28-42-45(46)38-23-10-12-25-40(38)52(42)48-49-39-24-11-9-22-37(39)47(50-48)33-17-5-2-6-18-33/h1-30H. The van der Waals surface area contributed by atoms with E-state index >= 15 is 0 Å². The van der Waals surface area contributed by atoms with Gasteiger partial charge in [0.2, 0.25) is 5.95 Å². The number of rotatable bonds is 4. The maximum atomic E-state index is 5.34. The van der Waals surface area contributed by atoms with E-state index in [4.69, 9.17) is 9.97 Å². The minimum Gasteiger partial charge on any atom is -0.309 e. The van der Waals surface area contributed by atoms with E-state index < -0.39 is 0 Å². The predicted octanol–water partition coefficient (Wildman–Crippen LogP) is 12.3. The molecule has 0 fully saturated rings. The summed E-state index contributed by atoms with van der Waals surface area (Å²) in [6, 6.07) is 64.8. The second kappa shape index (κ2) is 11.2. The summed E-state index contributed by atoms with van der Waals surface area (Å²) in [5.74, 6) is 0.660. The molecule has 0 radical (unpaired) electrons. The molecule has 3 heterocycles. The lowest BCUT2D eigenvalue weighted by Crippen LogP contribution is -2.03. The molecule has 0 spiro atoms. The Balaban J connectivity index is 1.28. The van der Waals surface area contributed by atoms with E-state index in [0.717, 1.165) is 44.4 Å². The van der Waals surface area contributed by atoms with Crippen LogP contribution in [-0.4, -0.2) is 19.1 Å². The lowest BCUT2D eigenvalue weighted by Gasteiger charge is -2.12. The van der Waals surface area contributed by atoms with Crippen molar-refractivity contribution in [3.05, 3.63) is 182 Å². The van der Waals surface area contributed by atoms with Gasteiger partial charge in [-0.05, 0) is 64.4 Å². The van der Waals surface area contributed by atoms with E-state index in [1.54, 1.807) is 0 Å². The number of para-hydroxylation sites is 2. The zero-order valence-corrected chi connectivity index (χ0v) is 28.1. The second-order valence-electron chi connectivity index (χ2n) is 13.4. The van der Waals surface area contributed by atoms with Crippen molar-refractivity contribution in [2.24, 2.45) is 0 Å². The third-order valence-corrected chi connectivity index (χ3v) is 10.5. The topological polar surface area (TPSA) is 35.6 Å². The lowest BCUT2D eigenvalue weighted by atomic mass is 10.0. The summed E-state index contributed by atoms with van der Waals surface area (Å²) >= 11 is 0. The summed E-state index contributed by atoms with van der Waals surface area (Å²) in [6.07, 6.45) is 0. The first-order valence-corrected chi connectivity index (χ1v) is 17.7. The zero-order valence-electron chi connectivity index (χ0n) is 28.1. The highest BCUT2D eigenvalue weighted by Crippen LogP contribution is 2.44. The Hall–Kier alpha value is -7.04. The Morgan fingerprint density at radius 3 is 1.77 bits per heavy atom. The summed E-state index contributed by atoms with van der Waals surface area (Å²) in [4.78, 5) is 10.6. The van der Waals surface area contributed by atoms with Crippen LogP contribution in [0.25, 0.3) is 99.3 Å². The second-order valence-corrected chi connectivity index (χ2v) is 13.4. The largest absolute Gasteiger partial charge is 0.309 e. The third kappa shape index (κ3) is 4.21. The minimum atomic E-state index is 0.660. The van der Waals surface area contributed by atoms with Crippen LogP contribution >= 0.6 is 0 Å². The fourth-order valence-corrected chi connectivity index (χ4v) is 8.26. The van der Waals surface area contributed by atoms with Crippen LogP contribution < -0.4 is 0 Å². The van der Waals surface area contributed by atoms with Crippen molar-refractivity contribution in [1.82, 2.24) is 19.1 Å². The van der Waals surface area contributed by atoms with Crippen molar-refractivity contribution in [3.63, 3.8) is 0 Å². The molecule has 3 aromatic heterocycles. The monoisotopic (exact) mass is 662 g/mol. The number of nitrogens with zero attached hydrogens (tertiary/aromatic N) is 4. The van der Waals surface area contributed by atoms with E-state index in [1.165, 1.54) is 49.0 Å². The summed E-state index contributed by atoms with van der Waals surface area (Å²) in [5, 5.41) is 8.34. The summed E-state index contributed by atoms with van der Waals surface area (Å²) < 4.78 is 4.70. The maximum absolute atomic E-state index is 5.34. The Morgan fingerprint density at radius 2 is 0.942 bits per heavy atom. The van der Waals surface area contributed by atoms with Crippen molar-refractivity contribution in [2.75, 3.05) is 0 Å². The van der Waals surface area contributed by atoms with Crippen LogP contribution in [0.5, 0.6) is 0 Å². The van der Waals surface area contributed by atoms with Crippen LogP contribution in [0.4, 0.5) is 0 Å². The summed E-state index contributed by atoms with van der Waals surface area (Å²) in [7, 11) is 0. The molecule has 0 atom stereocenters. The first-order chi connectivity index (χ1) is 25.8. The van der Waals surface area contributed by atoms with Gasteiger partial charge in [0.1, 0.15) is 0 Å². The Morgan fingerprint density at radius 1 is 0.346 bits per heavy atom. The maximum Gasteiger partial charge on any atom is 0.235 e. The lowest BCUT2D eigenvalue weighted by molar-refractivity contribution is 1.01. The molecule has 0 aliphatic heterocycles. The molecule has 0 aliphatic rings. The Kier molecular flexibility index (Phi) is 6.22. The van der Waals surface area contributed by atoms with Crippen LogP contribution in [-0.2, 0) is 0 Å². The molecule has 4 nitrogen and oxygen atoms in total. The van der Waals surface area contributed by atoms with Crippen LogP contribution in [0.3, 0.4) is 0 Å². The molecule has 11 rings (SSSR count). The van der Waals surface area contributed by atoms with E-state index in [0.29, 0.717) is 5.95 Å². The van der Waals surface area contributed by atoms with E-state index in [1.807, 2.05) is 6.07 Å². The van der Waals surface area contributed by atoms with Gasteiger partial charge in [0, 0.05) is 38.2 Å². The summed E-state index contributed by atoms with van der Waals surface area (Å²) in [5.41, 5.74) is 10.9. The van der Waals surface area contributed by atoms with Gasteiger partial charge in [0.05, 0.1) is 33.3 Å². The van der Waals surface area contributed by atoms with Gasteiger partial charge in [-0.15, -0.1) is 0 Å². The molecule has 0 bridgehead atoms. The minimum absolute atomic E-state index is 0.660. The number of benzene rings is 8. The molecule has 0 unspecified atom stereocenters. The average Bonchev–Trinajstić information content (AvgIpc) is 3.74. The first kappa shape index (κ1) is 28.8. The van der Waals surface area contributed by atoms with E-state index in [2.05, 4.69) is 185 Å². The van der Waals surface area contributed by atoms with Crippen molar-refractivity contribution < 1.29 is 0 Å². The average molecular weight is 663 g/mol. The number of fused-ring (bicyclic) bond motifs is 10. The number of hydrogen-bond acceptors (Lipinski definition) is 2. The van der Waals surface area contributed by atoms with Crippen molar-refractivity contribution in [3.8, 4) is 34.0 Å². The van der Waals surface area contributed by atoms with Gasteiger partial charge in [-0.3, -0.25) is 4.57 Å². The molecule has 0 saturated carbocycles. The van der Waals surface area contributed by atoms with Crippen LogP contribution in [0.2, 0.25) is 0 Å². The highest BCUT2D eigenvalue weighted by molar-refractivity contribution is 6.33. The molecule has 4 heteroatoms. The SMILES string of the molecule is c1ccc(-c2cccc(-n3c4ccc5ccccc5c4c4c5c6ccccc6n(-c6nc(-c7ccccc7)c7ccccc7n6)c5ccc43)c2)cc1. The first-order valence-electron chi connectivity index (χ1n) is 17.7. The van der Waals surface area contributed by atoms with Crippen LogP contribution in [0.1, 0.15) is 0 Å². The van der Waals surface area contributed by atoms with Gasteiger partial charge in [-0.2, -0.15) is 0 Å². The van der Waals surface area contributed by atoms with E-state index in [9.17, 15) is 0 Å². The fourth-order valence-electron chi connectivity index (χ4n) is 8.26. The van der Waals surface area contributed by atoms with Gasteiger partial charge in [0.25, 0.3) is 0 Å². The predicted molar refractivity (Wildman–Crippen MR) is 217 cm³/mol. The van der Waals surface area contributed by atoms with Crippen molar-refractivity contribution in [1.29, 1.82) is 0 Å². The van der Waals surface area contributed by atoms with Crippen molar-refractivity contribution >= 4 is 65.3 Å². The van der Waals surface area contributed by atoms with Crippen molar-refractivity contribution in [2.45, 2.75) is 0 Å².